The van der Waals surface area contributed by atoms with Gasteiger partial charge in [-0.2, -0.15) is 0 Å². The number of carbonyl (C=O) groups is 1. The average molecular weight is 296 g/mol. The number of amides is 1. The van der Waals surface area contributed by atoms with E-state index in [0.717, 1.165) is 12.1 Å². The number of carbonyl (C=O) groups excluding carboxylic acids is 1. The van der Waals surface area contributed by atoms with E-state index in [1.165, 1.54) is 0 Å². The van der Waals surface area contributed by atoms with E-state index in [0.29, 0.717) is 30.4 Å². The summed E-state index contributed by atoms with van der Waals surface area (Å²) in [7, 11) is 3.22. The van der Waals surface area contributed by atoms with Crippen LogP contribution in [0.3, 0.4) is 0 Å². The van der Waals surface area contributed by atoms with E-state index in [1.807, 2.05) is 6.07 Å². The first-order valence-electron chi connectivity index (χ1n) is 6.70. The van der Waals surface area contributed by atoms with E-state index >= 15 is 0 Å². The fourth-order valence-electron chi connectivity index (χ4n) is 1.85. The SMILES string of the molecule is CNC(=O)COc1cc2c(cc1CNCCOC)OCO2. The lowest BCUT2D eigenvalue weighted by Crippen LogP contribution is -2.25. The van der Waals surface area contributed by atoms with Gasteiger partial charge < -0.3 is 29.6 Å². The van der Waals surface area contributed by atoms with Crippen LogP contribution >= 0.6 is 0 Å². The average Bonchev–Trinajstić information content (AvgIpc) is 2.95. The largest absolute Gasteiger partial charge is 0.483 e. The Hall–Kier alpha value is -1.99. The molecule has 1 aliphatic heterocycles. The molecule has 1 aliphatic rings. The monoisotopic (exact) mass is 296 g/mol. The molecule has 0 bridgehead atoms. The van der Waals surface area contributed by atoms with Gasteiger partial charge in [0.2, 0.25) is 6.79 Å². The maximum absolute atomic E-state index is 11.3. The van der Waals surface area contributed by atoms with Crippen molar-refractivity contribution in [3.63, 3.8) is 0 Å². The molecular weight excluding hydrogens is 276 g/mol. The topological polar surface area (TPSA) is 78.1 Å². The molecule has 0 fully saturated rings. The second-order valence-electron chi connectivity index (χ2n) is 4.44. The maximum Gasteiger partial charge on any atom is 0.257 e. The van der Waals surface area contributed by atoms with E-state index < -0.39 is 0 Å². The van der Waals surface area contributed by atoms with Crippen molar-refractivity contribution in [2.75, 3.05) is 40.7 Å². The molecule has 0 unspecified atom stereocenters. The van der Waals surface area contributed by atoms with Gasteiger partial charge in [0.25, 0.3) is 5.91 Å². The molecule has 0 radical (unpaired) electrons. The Bertz CT molecular complexity index is 492. The lowest BCUT2D eigenvalue weighted by molar-refractivity contribution is -0.122. The number of hydrogen-bond acceptors (Lipinski definition) is 6. The van der Waals surface area contributed by atoms with E-state index in [2.05, 4.69) is 10.6 Å². The van der Waals surface area contributed by atoms with Gasteiger partial charge in [-0.3, -0.25) is 4.79 Å². The second-order valence-corrected chi connectivity index (χ2v) is 4.44. The minimum absolute atomic E-state index is 0.0405. The summed E-state index contributed by atoms with van der Waals surface area (Å²) in [6.07, 6.45) is 0. The van der Waals surface area contributed by atoms with Gasteiger partial charge in [-0.25, -0.2) is 0 Å². The first kappa shape index (κ1) is 15.4. The molecule has 0 spiro atoms. The van der Waals surface area contributed by atoms with E-state index in [4.69, 9.17) is 18.9 Å². The van der Waals surface area contributed by atoms with Gasteiger partial charge in [0.05, 0.1) is 6.61 Å². The van der Waals surface area contributed by atoms with Crippen LogP contribution in [0.15, 0.2) is 12.1 Å². The highest BCUT2D eigenvalue weighted by atomic mass is 16.7. The van der Waals surface area contributed by atoms with Gasteiger partial charge >= 0.3 is 0 Å². The van der Waals surface area contributed by atoms with Crippen LogP contribution in [0.5, 0.6) is 17.2 Å². The number of methoxy groups -OCH3 is 1. The zero-order chi connectivity index (χ0) is 15.1. The third-order valence-electron chi connectivity index (χ3n) is 2.99. The van der Waals surface area contributed by atoms with E-state index in [-0.39, 0.29) is 19.3 Å². The summed E-state index contributed by atoms with van der Waals surface area (Å²) < 4.78 is 21.2. The van der Waals surface area contributed by atoms with Gasteiger partial charge in [0.1, 0.15) is 5.75 Å². The number of benzene rings is 1. The van der Waals surface area contributed by atoms with Crippen molar-refractivity contribution in [2.24, 2.45) is 0 Å². The molecule has 1 aromatic carbocycles. The third kappa shape index (κ3) is 4.24. The van der Waals surface area contributed by atoms with Gasteiger partial charge in [-0.15, -0.1) is 0 Å². The maximum atomic E-state index is 11.3. The molecule has 2 rings (SSSR count). The van der Waals surface area contributed by atoms with Gasteiger partial charge in [-0.1, -0.05) is 0 Å². The highest BCUT2D eigenvalue weighted by Crippen LogP contribution is 2.38. The summed E-state index contributed by atoms with van der Waals surface area (Å²) in [4.78, 5) is 11.3. The summed E-state index contributed by atoms with van der Waals surface area (Å²) in [6, 6.07) is 3.61. The molecule has 0 aliphatic carbocycles. The molecule has 7 nitrogen and oxygen atoms in total. The predicted octanol–water partition coefficient (Wildman–Crippen LogP) is 0.276. The zero-order valence-corrected chi connectivity index (χ0v) is 12.2. The first-order valence-corrected chi connectivity index (χ1v) is 6.70. The van der Waals surface area contributed by atoms with Gasteiger partial charge in [-0.05, 0) is 6.07 Å². The number of fused-ring (bicyclic) bond motifs is 1. The standard InChI is InChI=1S/C14H20N2O5/c1-15-14(17)8-19-11-6-13-12(20-9-21-13)5-10(11)7-16-3-4-18-2/h5-6,16H,3-4,7-9H2,1-2H3,(H,15,17). The molecule has 2 N–H and O–H groups in total. The summed E-state index contributed by atoms with van der Waals surface area (Å²) in [6.45, 7) is 2.09. The molecule has 1 amide bonds. The van der Waals surface area contributed by atoms with Crippen molar-refractivity contribution < 1.29 is 23.7 Å². The summed E-state index contributed by atoms with van der Waals surface area (Å²) in [5.41, 5.74) is 0.902. The normalized spacial score (nSPS) is 12.3. The van der Waals surface area contributed by atoms with Crippen molar-refractivity contribution in [1.29, 1.82) is 0 Å². The molecule has 0 aromatic heterocycles. The number of rotatable bonds is 8. The number of nitrogens with one attached hydrogen (secondary N) is 2. The quantitative estimate of drug-likeness (QED) is 0.671. The van der Waals surface area contributed by atoms with Crippen LogP contribution in [0.4, 0.5) is 0 Å². The van der Waals surface area contributed by atoms with Crippen LogP contribution in [0, 0.1) is 0 Å². The summed E-state index contributed by atoms with van der Waals surface area (Å²) in [5.74, 6) is 1.73. The fourth-order valence-corrected chi connectivity index (χ4v) is 1.85. The van der Waals surface area contributed by atoms with Crippen molar-refractivity contribution in [3.05, 3.63) is 17.7 Å². The summed E-state index contributed by atoms with van der Waals surface area (Å²) >= 11 is 0. The Morgan fingerprint density at radius 2 is 2.10 bits per heavy atom. The van der Waals surface area contributed by atoms with E-state index in [1.54, 1.807) is 20.2 Å². The Morgan fingerprint density at radius 3 is 2.81 bits per heavy atom. The number of hydrogen-bond donors (Lipinski definition) is 2. The van der Waals surface area contributed by atoms with Crippen molar-refractivity contribution in [2.45, 2.75) is 6.54 Å². The Balaban J connectivity index is 2.06. The molecule has 0 saturated heterocycles. The lowest BCUT2D eigenvalue weighted by Gasteiger charge is -2.13. The second kappa shape index (κ2) is 7.70. The smallest absolute Gasteiger partial charge is 0.257 e. The molecular formula is C14H20N2O5. The zero-order valence-electron chi connectivity index (χ0n) is 12.2. The molecule has 1 aromatic rings. The summed E-state index contributed by atoms with van der Waals surface area (Å²) in [5, 5.41) is 5.75. The van der Waals surface area contributed by atoms with Crippen molar-refractivity contribution >= 4 is 5.91 Å². The number of likely N-dealkylation sites (N-methyl/N-ethyl adjacent to an activating group) is 1. The predicted molar refractivity (Wildman–Crippen MR) is 75.7 cm³/mol. The van der Waals surface area contributed by atoms with Crippen LogP contribution < -0.4 is 24.8 Å². The minimum atomic E-state index is -0.189. The molecule has 21 heavy (non-hydrogen) atoms. The molecule has 7 heteroatoms. The van der Waals surface area contributed by atoms with Crippen LogP contribution in [0.25, 0.3) is 0 Å². The molecule has 0 atom stereocenters. The minimum Gasteiger partial charge on any atom is -0.483 e. The van der Waals surface area contributed by atoms with Crippen LogP contribution in [0.2, 0.25) is 0 Å². The third-order valence-corrected chi connectivity index (χ3v) is 2.99. The van der Waals surface area contributed by atoms with Gasteiger partial charge in [0.15, 0.2) is 18.1 Å². The fraction of sp³-hybridized carbons (Fsp3) is 0.500. The highest BCUT2D eigenvalue weighted by Gasteiger charge is 2.18. The van der Waals surface area contributed by atoms with Crippen LogP contribution in [0.1, 0.15) is 5.56 Å². The first-order chi connectivity index (χ1) is 10.2. The Labute approximate surface area is 123 Å². The van der Waals surface area contributed by atoms with Gasteiger partial charge in [0, 0.05) is 38.9 Å². The van der Waals surface area contributed by atoms with Crippen LogP contribution in [-0.4, -0.2) is 46.6 Å². The Morgan fingerprint density at radius 1 is 1.33 bits per heavy atom. The molecule has 116 valence electrons. The molecule has 0 saturated carbocycles. The van der Waals surface area contributed by atoms with Crippen LogP contribution in [-0.2, 0) is 16.1 Å². The van der Waals surface area contributed by atoms with Crippen molar-refractivity contribution in [3.8, 4) is 17.2 Å². The number of ether oxygens (including phenoxy) is 4. The Kier molecular flexibility index (Phi) is 5.65. The lowest BCUT2D eigenvalue weighted by atomic mass is 10.1. The van der Waals surface area contributed by atoms with Crippen molar-refractivity contribution in [1.82, 2.24) is 10.6 Å². The molecule has 1 heterocycles. The highest BCUT2D eigenvalue weighted by molar-refractivity contribution is 5.77. The van der Waals surface area contributed by atoms with E-state index in [9.17, 15) is 4.79 Å².